The lowest BCUT2D eigenvalue weighted by molar-refractivity contribution is -0.274. The fourth-order valence-electron chi connectivity index (χ4n) is 2.20. The van der Waals surface area contributed by atoms with E-state index in [2.05, 4.69) is 14.9 Å². The Bertz CT molecular complexity index is 937. The third-order valence-corrected chi connectivity index (χ3v) is 3.43. The first-order valence-corrected chi connectivity index (χ1v) is 7.87. The van der Waals surface area contributed by atoms with Crippen LogP contribution in [0.5, 0.6) is 5.75 Å². The molecule has 10 heteroatoms. The minimum absolute atomic E-state index is 0.0121. The van der Waals surface area contributed by atoms with Gasteiger partial charge in [-0.05, 0) is 42.0 Å². The molecule has 0 aliphatic rings. The molecule has 0 N–H and O–H groups in total. The number of alkyl halides is 3. The number of nitrogens with zero attached hydrogens (tertiary/aromatic N) is 2. The predicted octanol–water partition coefficient (Wildman–Crippen LogP) is 4.06. The second kappa shape index (κ2) is 8.07. The van der Waals surface area contributed by atoms with E-state index >= 15 is 0 Å². The van der Waals surface area contributed by atoms with Gasteiger partial charge in [-0.1, -0.05) is 17.3 Å². The zero-order valence-corrected chi connectivity index (χ0v) is 14.1. The van der Waals surface area contributed by atoms with Gasteiger partial charge >= 0.3 is 12.3 Å². The first-order valence-electron chi connectivity index (χ1n) is 7.87. The molecule has 0 spiro atoms. The number of hydrogen-bond donors (Lipinski definition) is 0. The number of aromatic nitrogens is 2. The maximum absolute atomic E-state index is 12.8. The molecule has 28 heavy (non-hydrogen) atoms. The Labute approximate surface area is 155 Å². The molecule has 0 aliphatic carbocycles. The van der Waals surface area contributed by atoms with E-state index in [-0.39, 0.29) is 30.5 Å². The number of carbonyl (C=O) groups is 1. The van der Waals surface area contributed by atoms with Crippen LogP contribution in [0.2, 0.25) is 0 Å². The monoisotopic (exact) mass is 396 g/mol. The summed E-state index contributed by atoms with van der Waals surface area (Å²) < 4.78 is 63.0. The van der Waals surface area contributed by atoms with Crippen molar-refractivity contribution in [2.75, 3.05) is 0 Å². The van der Waals surface area contributed by atoms with Crippen LogP contribution in [0.4, 0.5) is 17.6 Å². The molecule has 3 aromatic rings. The highest BCUT2D eigenvalue weighted by molar-refractivity contribution is 5.72. The molecule has 0 amide bonds. The van der Waals surface area contributed by atoms with Crippen molar-refractivity contribution in [3.8, 4) is 17.1 Å². The highest BCUT2D eigenvalue weighted by atomic mass is 19.4. The highest BCUT2D eigenvalue weighted by Gasteiger charge is 2.31. The summed E-state index contributed by atoms with van der Waals surface area (Å²) in [5.41, 5.74) is 0.973. The molecular weight excluding hydrogens is 384 g/mol. The van der Waals surface area contributed by atoms with Crippen LogP contribution in [0.15, 0.2) is 53.1 Å². The number of benzene rings is 2. The first kappa shape index (κ1) is 19.3. The average molecular weight is 396 g/mol. The van der Waals surface area contributed by atoms with Crippen molar-refractivity contribution in [2.24, 2.45) is 0 Å². The van der Waals surface area contributed by atoms with Crippen molar-refractivity contribution in [1.29, 1.82) is 0 Å². The van der Waals surface area contributed by atoms with Crippen molar-refractivity contribution in [3.05, 3.63) is 65.8 Å². The van der Waals surface area contributed by atoms with E-state index in [9.17, 15) is 22.4 Å². The molecule has 0 saturated heterocycles. The fourth-order valence-corrected chi connectivity index (χ4v) is 2.20. The van der Waals surface area contributed by atoms with Gasteiger partial charge in [0.2, 0.25) is 5.82 Å². The molecular formula is C18H12F4N2O4. The van der Waals surface area contributed by atoms with Crippen molar-refractivity contribution in [3.63, 3.8) is 0 Å². The maximum Gasteiger partial charge on any atom is 0.573 e. The number of rotatable bonds is 6. The van der Waals surface area contributed by atoms with Gasteiger partial charge in [-0.15, -0.1) is 13.2 Å². The van der Waals surface area contributed by atoms with E-state index in [1.165, 1.54) is 36.4 Å². The Kier molecular flexibility index (Phi) is 5.57. The number of carbonyl (C=O) groups excluding carboxylic acids is 1. The van der Waals surface area contributed by atoms with Gasteiger partial charge in [-0.25, -0.2) is 4.39 Å². The van der Waals surface area contributed by atoms with Crippen LogP contribution in [0.25, 0.3) is 11.4 Å². The number of hydrogen-bond acceptors (Lipinski definition) is 6. The van der Waals surface area contributed by atoms with E-state index in [0.717, 1.165) is 12.1 Å². The molecule has 0 fully saturated rings. The SMILES string of the molecule is O=C(Cc1ccc(F)cc1)OCc1nc(-c2ccc(OC(F)(F)F)cc2)no1. The van der Waals surface area contributed by atoms with Gasteiger partial charge in [0.1, 0.15) is 11.6 Å². The van der Waals surface area contributed by atoms with Gasteiger partial charge in [0.25, 0.3) is 5.89 Å². The largest absolute Gasteiger partial charge is 0.573 e. The number of halogens is 4. The Morgan fingerprint density at radius 1 is 1.04 bits per heavy atom. The van der Waals surface area contributed by atoms with Crippen molar-refractivity contribution in [1.82, 2.24) is 10.1 Å². The molecule has 6 nitrogen and oxygen atoms in total. The third kappa shape index (κ3) is 5.53. The van der Waals surface area contributed by atoms with Crippen LogP contribution >= 0.6 is 0 Å². The van der Waals surface area contributed by atoms with Crippen LogP contribution < -0.4 is 4.74 Å². The standard InChI is InChI=1S/C18H12F4N2O4/c19-13-5-1-11(2-6-13)9-16(25)26-10-15-23-17(24-28-15)12-3-7-14(8-4-12)27-18(20,21)22/h1-8H,9-10H2. The lowest BCUT2D eigenvalue weighted by Crippen LogP contribution is -2.16. The quantitative estimate of drug-likeness (QED) is 0.462. The Balaban J connectivity index is 1.55. The van der Waals surface area contributed by atoms with Gasteiger partial charge in [-0.2, -0.15) is 4.98 Å². The van der Waals surface area contributed by atoms with Crippen molar-refractivity contribution in [2.45, 2.75) is 19.4 Å². The summed E-state index contributed by atoms with van der Waals surface area (Å²) in [6.07, 6.45) is -4.83. The topological polar surface area (TPSA) is 74.5 Å². The van der Waals surface area contributed by atoms with Gasteiger partial charge < -0.3 is 14.0 Å². The van der Waals surface area contributed by atoms with Crippen LogP contribution in [-0.4, -0.2) is 22.5 Å². The summed E-state index contributed by atoms with van der Waals surface area (Å²) in [5.74, 6) is -1.23. The van der Waals surface area contributed by atoms with Crippen LogP contribution in [0, 0.1) is 5.82 Å². The van der Waals surface area contributed by atoms with E-state index in [1.807, 2.05) is 0 Å². The van der Waals surface area contributed by atoms with E-state index in [4.69, 9.17) is 9.26 Å². The minimum atomic E-state index is -4.78. The zero-order chi connectivity index (χ0) is 20.1. The van der Waals surface area contributed by atoms with Gasteiger partial charge in [-0.3, -0.25) is 4.79 Å². The second-order valence-electron chi connectivity index (χ2n) is 5.55. The lowest BCUT2D eigenvalue weighted by Gasteiger charge is -2.08. The molecule has 0 aliphatic heterocycles. The summed E-state index contributed by atoms with van der Waals surface area (Å²) in [4.78, 5) is 15.8. The van der Waals surface area contributed by atoms with Crippen molar-refractivity contribution < 1.29 is 36.4 Å². The zero-order valence-electron chi connectivity index (χ0n) is 14.1. The fraction of sp³-hybridized carbons (Fsp3) is 0.167. The lowest BCUT2D eigenvalue weighted by atomic mass is 10.1. The van der Waals surface area contributed by atoms with Gasteiger partial charge in [0, 0.05) is 5.56 Å². The Hall–Kier alpha value is -3.43. The van der Waals surface area contributed by atoms with Crippen LogP contribution in [-0.2, 0) is 22.6 Å². The summed E-state index contributed by atoms with van der Waals surface area (Å²) in [7, 11) is 0. The maximum atomic E-state index is 12.8. The summed E-state index contributed by atoms with van der Waals surface area (Å²) in [5, 5.41) is 3.68. The summed E-state index contributed by atoms with van der Waals surface area (Å²) in [6, 6.07) is 10.3. The van der Waals surface area contributed by atoms with Gasteiger partial charge in [0.05, 0.1) is 6.42 Å². The Morgan fingerprint density at radius 3 is 2.36 bits per heavy atom. The highest BCUT2D eigenvalue weighted by Crippen LogP contribution is 2.25. The molecule has 2 aromatic carbocycles. The molecule has 1 aromatic heterocycles. The van der Waals surface area contributed by atoms with E-state index in [0.29, 0.717) is 11.1 Å². The molecule has 0 bridgehead atoms. The normalized spacial score (nSPS) is 11.3. The minimum Gasteiger partial charge on any atom is -0.455 e. The molecule has 0 radical (unpaired) electrons. The molecule has 1 heterocycles. The summed E-state index contributed by atoms with van der Waals surface area (Å²) >= 11 is 0. The number of esters is 1. The Morgan fingerprint density at radius 2 is 1.71 bits per heavy atom. The van der Waals surface area contributed by atoms with Crippen LogP contribution in [0.1, 0.15) is 11.5 Å². The van der Waals surface area contributed by atoms with E-state index < -0.39 is 18.1 Å². The molecule has 146 valence electrons. The second-order valence-corrected chi connectivity index (χ2v) is 5.55. The average Bonchev–Trinajstić information content (AvgIpc) is 3.10. The molecule has 0 atom stereocenters. The molecule has 0 saturated carbocycles. The molecule has 0 unspecified atom stereocenters. The number of ether oxygens (including phenoxy) is 2. The smallest absolute Gasteiger partial charge is 0.455 e. The third-order valence-electron chi connectivity index (χ3n) is 3.43. The van der Waals surface area contributed by atoms with Crippen molar-refractivity contribution >= 4 is 5.97 Å². The van der Waals surface area contributed by atoms with E-state index in [1.54, 1.807) is 0 Å². The summed E-state index contributed by atoms with van der Waals surface area (Å²) in [6.45, 7) is -0.275. The van der Waals surface area contributed by atoms with Gasteiger partial charge in [0.15, 0.2) is 6.61 Å². The molecule has 3 rings (SSSR count). The predicted molar refractivity (Wildman–Crippen MR) is 86.3 cm³/mol. The first-order chi connectivity index (χ1) is 13.3. The van der Waals surface area contributed by atoms with Crippen LogP contribution in [0.3, 0.4) is 0 Å².